The Morgan fingerprint density at radius 2 is 2.12 bits per heavy atom. The van der Waals surface area contributed by atoms with Crippen LogP contribution in [-0.4, -0.2) is 52.1 Å². The van der Waals surface area contributed by atoms with Crippen LogP contribution in [-0.2, 0) is 0 Å². The maximum absolute atomic E-state index is 12.7. The molecule has 1 fully saturated rings. The lowest BCUT2D eigenvalue weighted by Gasteiger charge is -2.15. The lowest BCUT2D eigenvalue weighted by atomic mass is 10.2. The molecule has 1 atom stereocenters. The van der Waals surface area contributed by atoms with Gasteiger partial charge < -0.3 is 19.4 Å². The second-order valence-electron chi connectivity index (χ2n) is 5.95. The van der Waals surface area contributed by atoms with Crippen molar-refractivity contribution >= 4 is 16.8 Å². The van der Waals surface area contributed by atoms with Crippen molar-refractivity contribution < 1.29 is 14.3 Å². The summed E-state index contributed by atoms with van der Waals surface area (Å²) in [6, 6.07) is 9.65. The summed E-state index contributed by atoms with van der Waals surface area (Å²) in [6.07, 6.45) is 3.95. The van der Waals surface area contributed by atoms with E-state index >= 15 is 0 Å². The Labute approximate surface area is 144 Å². The number of carbonyl (C=O) groups excluding carboxylic acids is 1. The molecule has 1 saturated heterocycles. The van der Waals surface area contributed by atoms with Crippen LogP contribution >= 0.6 is 0 Å². The van der Waals surface area contributed by atoms with Crippen molar-refractivity contribution in [2.45, 2.75) is 12.5 Å². The molecule has 0 unspecified atom stereocenters. The van der Waals surface area contributed by atoms with E-state index in [9.17, 15) is 4.79 Å². The number of ether oxygens (including phenoxy) is 2. The summed E-state index contributed by atoms with van der Waals surface area (Å²) in [4.78, 5) is 25.8. The first-order chi connectivity index (χ1) is 12.2. The minimum absolute atomic E-state index is 0.0322. The van der Waals surface area contributed by atoms with Gasteiger partial charge in [-0.15, -0.1) is 0 Å². The summed E-state index contributed by atoms with van der Waals surface area (Å²) >= 11 is 0. The lowest BCUT2D eigenvalue weighted by Crippen LogP contribution is -2.31. The molecule has 1 aromatic carbocycles. The predicted octanol–water partition coefficient (Wildman–Crippen LogP) is 2.26. The molecule has 0 spiro atoms. The van der Waals surface area contributed by atoms with E-state index in [2.05, 4.69) is 15.0 Å². The molecular formula is C18H18N4O3. The molecule has 1 N–H and O–H groups in total. The Morgan fingerprint density at radius 3 is 2.92 bits per heavy atom. The molecular weight excluding hydrogens is 320 g/mol. The minimum atomic E-state index is -0.0872. The maximum Gasteiger partial charge on any atom is 0.316 e. The average molecular weight is 338 g/mol. The fourth-order valence-corrected chi connectivity index (χ4v) is 3.02. The molecule has 3 heterocycles. The predicted molar refractivity (Wildman–Crippen MR) is 91.8 cm³/mol. The van der Waals surface area contributed by atoms with Gasteiger partial charge in [0.25, 0.3) is 5.91 Å². The monoisotopic (exact) mass is 338 g/mol. The Bertz CT molecular complexity index is 894. The largest absolute Gasteiger partial charge is 0.497 e. The number of nitrogens with one attached hydrogen (secondary N) is 1. The van der Waals surface area contributed by atoms with Crippen molar-refractivity contribution in [3.63, 3.8) is 0 Å². The number of carbonyl (C=O) groups is 1. The number of fused-ring (bicyclic) bond motifs is 1. The molecule has 0 radical (unpaired) electrons. The van der Waals surface area contributed by atoms with Gasteiger partial charge >= 0.3 is 6.01 Å². The fourth-order valence-electron chi connectivity index (χ4n) is 3.02. The number of rotatable bonds is 4. The summed E-state index contributed by atoms with van der Waals surface area (Å²) in [5.74, 6) is 0.723. The molecule has 3 aromatic rings. The third kappa shape index (κ3) is 3.13. The Kier molecular flexibility index (Phi) is 3.97. The molecule has 0 bridgehead atoms. The van der Waals surface area contributed by atoms with Gasteiger partial charge in [0.2, 0.25) is 0 Å². The number of aromatic nitrogens is 3. The van der Waals surface area contributed by atoms with Gasteiger partial charge in [-0.25, -0.2) is 9.97 Å². The third-order valence-corrected chi connectivity index (χ3v) is 4.31. The number of benzene rings is 1. The van der Waals surface area contributed by atoms with Crippen molar-refractivity contribution in [3.05, 3.63) is 48.4 Å². The molecule has 4 rings (SSSR count). The van der Waals surface area contributed by atoms with Gasteiger partial charge in [0.05, 0.1) is 13.7 Å². The first kappa shape index (κ1) is 15.4. The zero-order valence-corrected chi connectivity index (χ0v) is 13.8. The van der Waals surface area contributed by atoms with Crippen LogP contribution in [0.4, 0.5) is 0 Å². The van der Waals surface area contributed by atoms with Gasteiger partial charge in [0, 0.05) is 42.3 Å². The van der Waals surface area contributed by atoms with Gasteiger partial charge in [-0.2, -0.15) is 0 Å². The number of likely N-dealkylation sites (tertiary alicyclic amines) is 1. The molecule has 128 valence electrons. The number of hydrogen-bond acceptors (Lipinski definition) is 5. The average Bonchev–Trinajstić information content (AvgIpc) is 3.28. The van der Waals surface area contributed by atoms with E-state index in [0.717, 1.165) is 23.1 Å². The highest BCUT2D eigenvalue weighted by molar-refractivity contribution is 5.98. The highest BCUT2D eigenvalue weighted by Crippen LogP contribution is 2.23. The van der Waals surface area contributed by atoms with Crippen molar-refractivity contribution in [1.82, 2.24) is 19.9 Å². The summed E-state index contributed by atoms with van der Waals surface area (Å²) < 4.78 is 11.0. The van der Waals surface area contributed by atoms with E-state index in [4.69, 9.17) is 9.47 Å². The number of nitrogens with zero attached hydrogens (tertiary/aromatic N) is 3. The molecule has 1 amide bonds. The molecule has 0 aliphatic carbocycles. The standard InChI is InChI=1S/C18H18N4O3/c1-24-13-4-3-12-9-16(21-15(12)10-13)17(23)22-8-5-14(11-22)25-18-19-6-2-7-20-18/h2-4,6-7,9-10,14,21H,5,8,11H2,1H3/t14-/m0/s1. The van der Waals surface area contributed by atoms with E-state index in [1.54, 1.807) is 30.5 Å². The van der Waals surface area contributed by atoms with E-state index in [1.807, 2.05) is 24.3 Å². The van der Waals surface area contributed by atoms with Crippen LogP contribution in [0.5, 0.6) is 11.8 Å². The van der Waals surface area contributed by atoms with Crippen LogP contribution in [0, 0.1) is 0 Å². The van der Waals surface area contributed by atoms with Crippen molar-refractivity contribution in [3.8, 4) is 11.8 Å². The summed E-state index contributed by atoms with van der Waals surface area (Å²) in [5, 5.41) is 0.980. The molecule has 7 heteroatoms. The second kappa shape index (κ2) is 6.43. The van der Waals surface area contributed by atoms with Gasteiger partial charge in [0.1, 0.15) is 17.5 Å². The lowest BCUT2D eigenvalue weighted by molar-refractivity contribution is 0.0765. The summed E-state index contributed by atoms with van der Waals surface area (Å²) in [7, 11) is 1.62. The zero-order chi connectivity index (χ0) is 17.2. The SMILES string of the molecule is COc1ccc2cc(C(=O)N3CC[C@H](Oc4ncccn4)C3)[nH]c2c1. The normalized spacial score (nSPS) is 17.0. The van der Waals surface area contributed by atoms with Crippen LogP contribution in [0.1, 0.15) is 16.9 Å². The quantitative estimate of drug-likeness (QED) is 0.789. The number of hydrogen-bond donors (Lipinski definition) is 1. The Balaban J connectivity index is 1.46. The molecule has 1 aliphatic heterocycles. The van der Waals surface area contributed by atoms with Gasteiger partial charge in [-0.3, -0.25) is 4.79 Å². The number of aromatic amines is 1. The van der Waals surface area contributed by atoms with Crippen LogP contribution in [0.15, 0.2) is 42.7 Å². The van der Waals surface area contributed by atoms with E-state index < -0.39 is 0 Å². The van der Waals surface area contributed by atoms with E-state index in [0.29, 0.717) is 24.8 Å². The first-order valence-electron chi connectivity index (χ1n) is 8.12. The number of methoxy groups -OCH3 is 1. The van der Waals surface area contributed by atoms with Crippen LogP contribution < -0.4 is 9.47 Å². The maximum atomic E-state index is 12.7. The molecule has 7 nitrogen and oxygen atoms in total. The van der Waals surface area contributed by atoms with Crippen molar-refractivity contribution in [2.75, 3.05) is 20.2 Å². The Morgan fingerprint density at radius 1 is 1.28 bits per heavy atom. The van der Waals surface area contributed by atoms with Gasteiger partial charge in [-0.1, -0.05) is 0 Å². The van der Waals surface area contributed by atoms with Gasteiger partial charge in [-0.05, 0) is 24.3 Å². The van der Waals surface area contributed by atoms with Crippen molar-refractivity contribution in [1.29, 1.82) is 0 Å². The first-order valence-corrected chi connectivity index (χ1v) is 8.12. The van der Waals surface area contributed by atoms with E-state index in [-0.39, 0.29) is 12.0 Å². The van der Waals surface area contributed by atoms with E-state index in [1.165, 1.54) is 0 Å². The third-order valence-electron chi connectivity index (χ3n) is 4.31. The Hall–Kier alpha value is -3.09. The van der Waals surface area contributed by atoms with Crippen molar-refractivity contribution in [2.24, 2.45) is 0 Å². The molecule has 2 aromatic heterocycles. The zero-order valence-electron chi connectivity index (χ0n) is 13.8. The fraction of sp³-hybridized carbons (Fsp3) is 0.278. The highest BCUT2D eigenvalue weighted by atomic mass is 16.5. The van der Waals surface area contributed by atoms with Crippen LogP contribution in [0.25, 0.3) is 10.9 Å². The van der Waals surface area contributed by atoms with Crippen LogP contribution in [0.2, 0.25) is 0 Å². The second-order valence-corrected chi connectivity index (χ2v) is 5.95. The molecule has 0 saturated carbocycles. The number of H-pyrrole nitrogens is 1. The molecule has 25 heavy (non-hydrogen) atoms. The summed E-state index contributed by atoms with van der Waals surface area (Å²) in [6.45, 7) is 1.17. The van der Waals surface area contributed by atoms with Crippen LogP contribution in [0.3, 0.4) is 0 Å². The summed E-state index contributed by atoms with van der Waals surface area (Å²) in [5.41, 5.74) is 1.45. The molecule has 1 aliphatic rings. The smallest absolute Gasteiger partial charge is 0.316 e. The highest BCUT2D eigenvalue weighted by Gasteiger charge is 2.29. The van der Waals surface area contributed by atoms with Gasteiger partial charge in [0.15, 0.2) is 0 Å². The number of amides is 1. The topological polar surface area (TPSA) is 80.3 Å². The minimum Gasteiger partial charge on any atom is -0.497 e.